The summed E-state index contributed by atoms with van der Waals surface area (Å²) in [6, 6.07) is 7.52. The van der Waals surface area contributed by atoms with Gasteiger partial charge in [-0.2, -0.15) is 4.98 Å². The van der Waals surface area contributed by atoms with Crippen molar-refractivity contribution in [3.8, 4) is 0 Å². The fourth-order valence-corrected chi connectivity index (χ4v) is 3.60. The zero-order chi connectivity index (χ0) is 20.9. The molecule has 1 aliphatic heterocycles. The van der Waals surface area contributed by atoms with Crippen molar-refractivity contribution in [1.29, 1.82) is 0 Å². The third-order valence-corrected chi connectivity index (χ3v) is 5.14. The minimum absolute atomic E-state index is 0.00137. The number of rotatable bonds is 7. The lowest BCUT2D eigenvalue weighted by Crippen LogP contribution is -2.43. The van der Waals surface area contributed by atoms with Gasteiger partial charge in [-0.1, -0.05) is 6.07 Å². The van der Waals surface area contributed by atoms with Crippen LogP contribution in [0.5, 0.6) is 0 Å². The number of H-pyrrole nitrogens is 1. The quantitative estimate of drug-likeness (QED) is 0.586. The Balaban J connectivity index is 1.44. The molecule has 0 radical (unpaired) electrons. The number of amides is 1. The molecule has 3 heterocycles. The van der Waals surface area contributed by atoms with E-state index in [9.17, 15) is 4.79 Å². The summed E-state index contributed by atoms with van der Waals surface area (Å²) in [5, 5.41) is 3.06. The van der Waals surface area contributed by atoms with Crippen LogP contribution in [0.4, 0.5) is 11.8 Å². The van der Waals surface area contributed by atoms with E-state index in [0.29, 0.717) is 12.5 Å². The first-order chi connectivity index (χ1) is 14.7. The van der Waals surface area contributed by atoms with E-state index in [1.165, 1.54) is 0 Å². The molecule has 2 N–H and O–H groups in total. The van der Waals surface area contributed by atoms with E-state index < -0.39 is 0 Å². The van der Waals surface area contributed by atoms with Gasteiger partial charge in [0, 0.05) is 38.7 Å². The van der Waals surface area contributed by atoms with Crippen molar-refractivity contribution in [3.63, 3.8) is 0 Å². The van der Waals surface area contributed by atoms with Crippen LogP contribution >= 0.6 is 0 Å². The van der Waals surface area contributed by atoms with Gasteiger partial charge in [-0.25, -0.2) is 9.97 Å². The minimum Gasteiger partial charge on any atom is -0.350 e. The van der Waals surface area contributed by atoms with E-state index in [1.807, 2.05) is 36.2 Å². The zero-order valence-corrected chi connectivity index (χ0v) is 16.8. The molecule has 9 heteroatoms. The van der Waals surface area contributed by atoms with Crippen molar-refractivity contribution in [2.75, 3.05) is 23.4 Å². The van der Waals surface area contributed by atoms with Crippen LogP contribution in [-0.2, 0) is 11.3 Å². The number of fused-ring (bicyclic) bond motifs is 1. The number of aromatic amines is 1. The van der Waals surface area contributed by atoms with Crippen LogP contribution in [-0.4, -0.2) is 52.2 Å². The maximum Gasteiger partial charge on any atom is 0.243 e. The highest BCUT2D eigenvalue weighted by Gasteiger charge is 2.31. The van der Waals surface area contributed by atoms with Gasteiger partial charge in [-0.15, -0.1) is 0 Å². The molecule has 154 valence electrons. The number of hydrogen-bond donors (Lipinski definition) is 2. The Morgan fingerprint density at radius 1 is 1.43 bits per heavy atom. The molecule has 30 heavy (non-hydrogen) atoms. The van der Waals surface area contributed by atoms with Crippen molar-refractivity contribution in [2.24, 2.45) is 4.99 Å². The van der Waals surface area contributed by atoms with E-state index in [1.54, 1.807) is 29.8 Å². The van der Waals surface area contributed by atoms with Crippen LogP contribution in [0.3, 0.4) is 0 Å². The van der Waals surface area contributed by atoms with Crippen LogP contribution in [0.1, 0.15) is 18.4 Å². The number of hydrogen-bond acceptors (Lipinski definition) is 7. The molecule has 1 saturated heterocycles. The van der Waals surface area contributed by atoms with E-state index in [-0.39, 0.29) is 11.9 Å². The molecule has 0 saturated carbocycles. The molecule has 0 aliphatic carbocycles. The molecular formula is C21H24N8O. The van der Waals surface area contributed by atoms with Crippen LogP contribution in [0, 0.1) is 0 Å². The molecule has 3 aromatic rings. The smallest absolute Gasteiger partial charge is 0.243 e. The van der Waals surface area contributed by atoms with Crippen molar-refractivity contribution in [1.82, 2.24) is 25.3 Å². The standard InChI is InChI=1S/C21H24N8O/c1-22-9-11-28(2)21-23-8-7-19(27-21)29-10-3-4-18(29)20(30)24-13-15-5-6-16-17(12-15)26-14-25-16/h5-9,11-12,14,18H,1,3-4,10,13H2,2H3,(H,24,30)(H,25,26)/b11-9-/t18-/m1/s1. The number of benzene rings is 1. The Bertz CT molecular complexity index is 1080. The Labute approximate surface area is 174 Å². The molecular weight excluding hydrogens is 380 g/mol. The summed E-state index contributed by atoms with van der Waals surface area (Å²) in [7, 11) is 1.84. The van der Waals surface area contributed by atoms with Crippen molar-refractivity contribution in [3.05, 3.63) is 54.8 Å². The highest BCUT2D eigenvalue weighted by Crippen LogP contribution is 2.25. The number of imidazole rings is 1. The second-order valence-corrected chi connectivity index (χ2v) is 7.13. The van der Waals surface area contributed by atoms with Crippen molar-refractivity contribution >= 4 is 35.4 Å². The number of nitrogens with one attached hydrogen (secondary N) is 2. The Hall–Kier alpha value is -3.75. The van der Waals surface area contributed by atoms with Gasteiger partial charge in [0.25, 0.3) is 0 Å². The maximum atomic E-state index is 12.9. The normalized spacial score (nSPS) is 16.3. The molecule has 9 nitrogen and oxygen atoms in total. The minimum atomic E-state index is -0.251. The summed E-state index contributed by atoms with van der Waals surface area (Å²) < 4.78 is 0. The average Bonchev–Trinajstić information content (AvgIpc) is 3.45. The summed E-state index contributed by atoms with van der Waals surface area (Å²) in [4.78, 5) is 36.7. The van der Waals surface area contributed by atoms with Gasteiger partial charge in [0.05, 0.1) is 17.4 Å². The summed E-state index contributed by atoms with van der Waals surface area (Å²) in [5.41, 5.74) is 2.90. The fraction of sp³-hybridized carbons (Fsp3) is 0.286. The molecule has 1 aromatic carbocycles. The fourth-order valence-electron chi connectivity index (χ4n) is 3.60. The lowest BCUT2D eigenvalue weighted by Gasteiger charge is -2.25. The SMILES string of the molecule is C=N/C=C\N(C)c1nccc(N2CCC[C@@H]2C(=O)NCc2ccc3nc[nH]c3c2)n1. The summed E-state index contributed by atoms with van der Waals surface area (Å²) in [6.45, 7) is 4.67. The van der Waals surface area contributed by atoms with Crippen LogP contribution in [0.25, 0.3) is 11.0 Å². The first kappa shape index (κ1) is 19.6. The third kappa shape index (κ3) is 4.14. The largest absolute Gasteiger partial charge is 0.350 e. The molecule has 2 aromatic heterocycles. The number of carbonyl (C=O) groups is 1. The summed E-state index contributed by atoms with van der Waals surface area (Å²) >= 11 is 0. The lowest BCUT2D eigenvalue weighted by molar-refractivity contribution is -0.122. The number of aromatic nitrogens is 4. The Morgan fingerprint density at radius 2 is 2.33 bits per heavy atom. The number of aliphatic imine (C=N–C) groups is 1. The molecule has 1 fully saturated rings. The van der Waals surface area contributed by atoms with E-state index in [2.05, 4.69) is 37.0 Å². The zero-order valence-electron chi connectivity index (χ0n) is 16.8. The van der Waals surface area contributed by atoms with Gasteiger partial charge in [-0.3, -0.25) is 9.79 Å². The first-order valence-electron chi connectivity index (χ1n) is 9.80. The number of carbonyl (C=O) groups excluding carboxylic acids is 1. The predicted molar refractivity (Wildman–Crippen MR) is 117 cm³/mol. The summed E-state index contributed by atoms with van der Waals surface area (Å²) in [6.07, 6.45) is 8.41. The average molecular weight is 404 g/mol. The topological polar surface area (TPSA) is 102 Å². The van der Waals surface area contributed by atoms with Gasteiger partial charge in [0.1, 0.15) is 11.9 Å². The van der Waals surface area contributed by atoms with E-state index >= 15 is 0 Å². The van der Waals surface area contributed by atoms with E-state index in [0.717, 1.165) is 41.8 Å². The first-order valence-corrected chi connectivity index (χ1v) is 9.80. The van der Waals surface area contributed by atoms with Crippen LogP contribution < -0.4 is 15.1 Å². The Kier molecular flexibility index (Phi) is 5.69. The number of nitrogens with zero attached hydrogens (tertiary/aromatic N) is 6. The molecule has 1 atom stereocenters. The molecule has 4 rings (SSSR count). The van der Waals surface area contributed by atoms with Gasteiger partial charge < -0.3 is 20.1 Å². The highest BCUT2D eigenvalue weighted by atomic mass is 16.2. The maximum absolute atomic E-state index is 12.9. The van der Waals surface area contributed by atoms with Crippen molar-refractivity contribution < 1.29 is 4.79 Å². The van der Waals surface area contributed by atoms with E-state index in [4.69, 9.17) is 0 Å². The van der Waals surface area contributed by atoms with Gasteiger partial charge in [0.2, 0.25) is 11.9 Å². The lowest BCUT2D eigenvalue weighted by atomic mass is 10.1. The molecule has 1 amide bonds. The van der Waals surface area contributed by atoms with Crippen LogP contribution in [0.15, 0.2) is 54.2 Å². The second kappa shape index (κ2) is 8.73. The van der Waals surface area contributed by atoms with Gasteiger partial charge >= 0.3 is 0 Å². The van der Waals surface area contributed by atoms with Crippen LogP contribution in [0.2, 0.25) is 0 Å². The molecule has 1 aliphatic rings. The third-order valence-electron chi connectivity index (χ3n) is 5.14. The van der Waals surface area contributed by atoms with Crippen molar-refractivity contribution in [2.45, 2.75) is 25.4 Å². The van der Waals surface area contributed by atoms with Gasteiger partial charge in [0.15, 0.2) is 0 Å². The summed E-state index contributed by atoms with van der Waals surface area (Å²) in [5.74, 6) is 1.27. The Morgan fingerprint density at radius 3 is 3.20 bits per heavy atom. The predicted octanol–water partition coefficient (Wildman–Crippen LogP) is 2.25. The van der Waals surface area contributed by atoms with Gasteiger partial charge in [-0.05, 0) is 43.3 Å². The monoisotopic (exact) mass is 404 g/mol. The molecule has 0 unspecified atom stereocenters. The molecule has 0 bridgehead atoms. The number of anilines is 2. The highest BCUT2D eigenvalue weighted by molar-refractivity contribution is 5.85. The molecule has 0 spiro atoms. The second-order valence-electron chi connectivity index (χ2n) is 7.13.